The Labute approximate surface area is 131 Å². The van der Waals surface area contributed by atoms with E-state index in [0.717, 1.165) is 17.9 Å². The van der Waals surface area contributed by atoms with Crippen molar-refractivity contribution in [3.8, 4) is 0 Å². The summed E-state index contributed by atoms with van der Waals surface area (Å²) in [5.74, 6) is 1.72. The topological polar surface area (TPSA) is 15.3 Å². The molecule has 4 atom stereocenters. The van der Waals surface area contributed by atoms with Gasteiger partial charge in [-0.25, -0.2) is 0 Å². The molecule has 20 heavy (non-hydrogen) atoms. The number of benzene rings is 1. The number of nitrogens with zero attached hydrogens (tertiary/aromatic N) is 1. The maximum absolute atomic E-state index is 3.62. The van der Waals surface area contributed by atoms with Crippen molar-refractivity contribution in [1.82, 2.24) is 10.2 Å². The van der Waals surface area contributed by atoms with Gasteiger partial charge in [0, 0.05) is 23.1 Å². The lowest BCUT2D eigenvalue weighted by molar-refractivity contribution is 0.150. The number of rotatable bonds is 4. The number of likely N-dealkylation sites (tertiary alicyclic amines) is 1. The zero-order valence-corrected chi connectivity index (χ0v) is 14.1. The van der Waals surface area contributed by atoms with Crippen LogP contribution in [0.4, 0.5) is 0 Å². The van der Waals surface area contributed by atoms with E-state index in [4.69, 9.17) is 0 Å². The minimum atomic E-state index is 0.572. The van der Waals surface area contributed by atoms with Crippen LogP contribution in [0.25, 0.3) is 0 Å². The summed E-state index contributed by atoms with van der Waals surface area (Å²) >= 11 is 3.62. The Hall–Kier alpha value is -0.380. The lowest BCUT2D eigenvalue weighted by atomic mass is 9.92. The SMILES string of the molecule is CCC(c1cccc(Br)c1)N1CC2CNCC2C1CC. The van der Waals surface area contributed by atoms with Crippen molar-refractivity contribution in [3.05, 3.63) is 34.3 Å². The summed E-state index contributed by atoms with van der Waals surface area (Å²) in [6.45, 7) is 8.37. The first-order valence-electron chi connectivity index (χ1n) is 7.96. The van der Waals surface area contributed by atoms with Gasteiger partial charge in [0.1, 0.15) is 0 Å². The summed E-state index contributed by atoms with van der Waals surface area (Å²) in [5, 5.41) is 3.58. The molecule has 3 rings (SSSR count). The Morgan fingerprint density at radius 1 is 1.35 bits per heavy atom. The first kappa shape index (κ1) is 14.6. The summed E-state index contributed by atoms with van der Waals surface area (Å²) in [6.07, 6.45) is 2.47. The molecule has 3 heteroatoms. The van der Waals surface area contributed by atoms with Crippen LogP contribution < -0.4 is 5.32 Å². The van der Waals surface area contributed by atoms with E-state index in [2.05, 4.69) is 64.3 Å². The van der Waals surface area contributed by atoms with Crippen LogP contribution in [0.15, 0.2) is 28.7 Å². The molecule has 2 heterocycles. The highest BCUT2D eigenvalue weighted by Crippen LogP contribution is 2.40. The largest absolute Gasteiger partial charge is 0.316 e. The molecule has 2 aliphatic heterocycles. The predicted octanol–water partition coefficient (Wildman–Crippen LogP) is 3.83. The van der Waals surface area contributed by atoms with Crippen LogP contribution in [0.1, 0.15) is 38.3 Å². The molecule has 2 fully saturated rings. The maximum atomic E-state index is 3.62. The molecule has 0 saturated carbocycles. The highest BCUT2D eigenvalue weighted by molar-refractivity contribution is 9.10. The standard InChI is InChI=1S/C17H25BrN2/c1-3-16(12-6-5-7-14(18)8-12)20-11-13-9-19-10-15(13)17(20)4-2/h5-8,13,15-17,19H,3-4,9-11H2,1-2H3. The van der Waals surface area contributed by atoms with Crippen molar-refractivity contribution < 1.29 is 0 Å². The summed E-state index contributed by atoms with van der Waals surface area (Å²) in [5.41, 5.74) is 1.47. The molecule has 0 amide bonds. The average molecular weight is 337 g/mol. The Kier molecular flexibility index (Phi) is 4.49. The molecule has 110 valence electrons. The number of fused-ring (bicyclic) bond motifs is 1. The lowest BCUT2D eigenvalue weighted by Gasteiger charge is -2.34. The van der Waals surface area contributed by atoms with Crippen LogP contribution >= 0.6 is 15.9 Å². The highest BCUT2D eigenvalue weighted by Gasteiger charge is 2.45. The molecular weight excluding hydrogens is 312 g/mol. The van der Waals surface area contributed by atoms with Gasteiger partial charge in [0.05, 0.1) is 0 Å². The normalized spacial score (nSPS) is 31.4. The lowest BCUT2D eigenvalue weighted by Crippen LogP contribution is -2.37. The van der Waals surface area contributed by atoms with Crippen LogP contribution in [0.3, 0.4) is 0 Å². The Morgan fingerprint density at radius 3 is 2.90 bits per heavy atom. The zero-order valence-electron chi connectivity index (χ0n) is 12.5. The molecule has 2 aliphatic rings. The van der Waals surface area contributed by atoms with Gasteiger partial charge in [-0.2, -0.15) is 0 Å². The fraction of sp³-hybridized carbons (Fsp3) is 0.647. The van der Waals surface area contributed by atoms with Crippen molar-refractivity contribution in [3.63, 3.8) is 0 Å². The summed E-state index contributed by atoms with van der Waals surface area (Å²) in [6, 6.07) is 10.2. The van der Waals surface area contributed by atoms with Crippen LogP contribution in [0.5, 0.6) is 0 Å². The van der Waals surface area contributed by atoms with Gasteiger partial charge in [0.25, 0.3) is 0 Å². The van der Waals surface area contributed by atoms with E-state index in [0.29, 0.717) is 6.04 Å². The molecule has 2 saturated heterocycles. The number of nitrogens with one attached hydrogen (secondary N) is 1. The van der Waals surface area contributed by atoms with E-state index < -0.39 is 0 Å². The van der Waals surface area contributed by atoms with Gasteiger partial charge >= 0.3 is 0 Å². The Bertz CT molecular complexity index is 462. The molecule has 1 N–H and O–H groups in total. The van der Waals surface area contributed by atoms with Gasteiger partial charge in [-0.05, 0) is 55.5 Å². The molecule has 4 unspecified atom stereocenters. The van der Waals surface area contributed by atoms with E-state index in [1.165, 1.54) is 42.5 Å². The van der Waals surface area contributed by atoms with Gasteiger partial charge in [0.15, 0.2) is 0 Å². The van der Waals surface area contributed by atoms with Crippen molar-refractivity contribution >= 4 is 15.9 Å². The van der Waals surface area contributed by atoms with E-state index in [1.807, 2.05) is 0 Å². The fourth-order valence-corrected chi connectivity index (χ4v) is 4.74. The predicted molar refractivity (Wildman–Crippen MR) is 87.8 cm³/mol. The molecule has 0 spiro atoms. The monoisotopic (exact) mass is 336 g/mol. The summed E-state index contributed by atoms with van der Waals surface area (Å²) in [4.78, 5) is 2.79. The molecule has 1 aromatic rings. The van der Waals surface area contributed by atoms with Crippen molar-refractivity contribution in [2.45, 2.75) is 38.8 Å². The zero-order chi connectivity index (χ0) is 14.1. The van der Waals surface area contributed by atoms with Crippen molar-refractivity contribution in [2.24, 2.45) is 11.8 Å². The van der Waals surface area contributed by atoms with Gasteiger partial charge in [-0.15, -0.1) is 0 Å². The van der Waals surface area contributed by atoms with Crippen LogP contribution in [0.2, 0.25) is 0 Å². The van der Waals surface area contributed by atoms with E-state index in [9.17, 15) is 0 Å². The highest BCUT2D eigenvalue weighted by atomic mass is 79.9. The third-order valence-corrected chi connectivity index (χ3v) is 5.69. The van der Waals surface area contributed by atoms with Crippen molar-refractivity contribution in [1.29, 1.82) is 0 Å². The second kappa shape index (κ2) is 6.17. The first-order chi connectivity index (χ1) is 9.74. The van der Waals surface area contributed by atoms with Crippen molar-refractivity contribution in [2.75, 3.05) is 19.6 Å². The van der Waals surface area contributed by atoms with Gasteiger partial charge < -0.3 is 5.32 Å². The molecule has 2 nitrogen and oxygen atoms in total. The third-order valence-electron chi connectivity index (χ3n) is 5.20. The molecular formula is C17H25BrN2. The smallest absolute Gasteiger partial charge is 0.0349 e. The molecule has 1 aromatic carbocycles. The number of halogens is 1. The molecule has 0 radical (unpaired) electrons. The minimum absolute atomic E-state index is 0.572. The molecule has 0 aliphatic carbocycles. The number of hydrogen-bond acceptors (Lipinski definition) is 2. The van der Waals surface area contributed by atoms with Crippen LogP contribution in [-0.2, 0) is 0 Å². The van der Waals surface area contributed by atoms with E-state index >= 15 is 0 Å². The summed E-state index contributed by atoms with van der Waals surface area (Å²) in [7, 11) is 0. The number of hydrogen-bond donors (Lipinski definition) is 1. The fourth-order valence-electron chi connectivity index (χ4n) is 4.33. The van der Waals surface area contributed by atoms with Gasteiger partial charge in [0.2, 0.25) is 0 Å². The van der Waals surface area contributed by atoms with E-state index in [-0.39, 0.29) is 0 Å². The quantitative estimate of drug-likeness (QED) is 0.898. The van der Waals surface area contributed by atoms with Gasteiger partial charge in [-0.3, -0.25) is 4.90 Å². The van der Waals surface area contributed by atoms with Crippen LogP contribution in [0, 0.1) is 11.8 Å². The minimum Gasteiger partial charge on any atom is -0.316 e. The van der Waals surface area contributed by atoms with Gasteiger partial charge in [-0.1, -0.05) is 41.9 Å². The third kappa shape index (κ3) is 2.56. The summed E-state index contributed by atoms with van der Waals surface area (Å²) < 4.78 is 1.20. The first-order valence-corrected chi connectivity index (χ1v) is 8.75. The second-order valence-corrected chi connectivity index (χ2v) is 7.15. The Balaban J connectivity index is 1.85. The molecule has 0 bridgehead atoms. The maximum Gasteiger partial charge on any atom is 0.0349 e. The second-order valence-electron chi connectivity index (χ2n) is 6.23. The molecule has 0 aromatic heterocycles. The van der Waals surface area contributed by atoms with E-state index in [1.54, 1.807) is 0 Å². The Morgan fingerprint density at radius 2 is 2.20 bits per heavy atom. The average Bonchev–Trinajstić information content (AvgIpc) is 3.00. The van der Waals surface area contributed by atoms with Crippen LogP contribution in [-0.4, -0.2) is 30.6 Å².